The van der Waals surface area contributed by atoms with E-state index in [1.165, 1.54) is 0 Å². The van der Waals surface area contributed by atoms with E-state index < -0.39 is 6.04 Å². The quantitative estimate of drug-likeness (QED) is 0.549. The molecule has 0 aliphatic carbocycles. The highest BCUT2D eigenvalue weighted by molar-refractivity contribution is 5.95. The van der Waals surface area contributed by atoms with Gasteiger partial charge in [-0.05, 0) is 42.0 Å². The average Bonchev–Trinajstić information content (AvgIpc) is 3.17. The number of benzene rings is 3. The number of hydrogen-bond acceptors (Lipinski definition) is 5. The molecule has 0 unspecified atom stereocenters. The van der Waals surface area contributed by atoms with Gasteiger partial charge in [0.2, 0.25) is 11.8 Å². The Kier molecular flexibility index (Phi) is 4.78. The molecule has 3 aromatic carbocycles. The van der Waals surface area contributed by atoms with Crippen molar-refractivity contribution in [1.29, 1.82) is 0 Å². The van der Waals surface area contributed by atoms with Gasteiger partial charge in [-0.3, -0.25) is 4.79 Å². The van der Waals surface area contributed by atoms with Crippen LogP contribution in [0.15, 0.2) is 77.2 Å². The van der Waals surface area contributed by atoms with Gasteiger partial charge < -0.3 is 20.2 Å². The fourth-order valence-electron chi connectivity index (χ4n) is 2.88. The Morgan fingerprint density at radius 3 is 2.54 bits per heavy atom. The van der Waals surface area contributed by atoms with E-state index in [1.54, 1.807) is 25.3 Å². The molecule has 4 aromatic rings. The summed E-state index contributed by atoms with van der Waals surface area (Å²) in [6, 6.07) is 21.3. The van der Waals surface area contributed by atoms with Gasteiger partial charge in [-0.2, -0.15) is 0 Å². The molecule has 3 N–H and O–H groups in total. The van der Waals surface area contributed by atoms with Crippen LogP contribution in [-0.4, -0.2) is 18.0 Å². The van der Waals surface area contributed by atoms with Crippen LogP contribution in [0.25, 0.3) is 22.6 Å². The Morgan fingerprint density at radius 1 is 1.07 bits per heavy atom. The summed E-state index contributed by atoms with van der Waals surface area (Å²) in [6.07, 6.45) is 0. The number of carbonyl (C=O) groups excluding carboxylic acids is 1. The van der Waals surface area contributed by atoms with Crippen molar-refractivity contribution >= 4 is 22.7 Å². The lowest BCUT2D eigenvalue weighted by Crippen LogP contribution is -2.27. The Morgan fingerprint density at radius 2 is 1.82 bits per heavy atom. The highest BCUT2D eigenvalue weighted by Gasteiger charge is 2.16. The van der Waals surface area contributed by atoms with Crippen molar-refractivity contribution in [3.8, 4) is 17.2 Å². The minimum absolute atomic E-state index is 0.270. The van der Waals surface area contributed by atoms with E-state index in [0.29, 0.717) is 22.9 Å². The zero-order chi connectivity index (χ0) is 19.5. The standard InChI is InChI=1S/C22H19N3O3/c1-27-17-11-12-18-19(13-17)28-22(25-18)15-7-9-16(10-8-15)24-21(26)20(23)14-5-3-2-4-6-14/h2-13,20H,23H2,1H3,(H,24,26)/t20-/m1/s1. The lowest BCUT2D eigenvalue weighted by molar-refractivity contribution is -0.117. The number of aromatic nitrogens is 1. The second kappa shape index (κ2) is 7.54. The first kappa shape index (κ1) is 17.8. The minimum Gasteiger partial charge on any atom is -0.497 e. The number of fused-ring (bicyclic) bond motifs is 1. The lowest BCUT2D eigenvalue weighted by atomic mass is 10.1. The summed E-state index contributed by atoms with van der Waals surface area (Å²) < 4.78 is 11.0. The second-order valence-electron chi connectivity index (χ2n) is 6.31. The smallest absolute Gasteiger partial charge is 0.245 e. The first-order valence-corrected chi connectivity index (χ1v) is 8.80. The number of oxazole rings is 1. The van der Waals surface area contributed by atoms with Crippen LogP contribution >= 0.6 is 0 Å². The molecule has 0 bridgehead atoms. The van der Waals surface area contributed by atoms with Crippen LogP contribution in [0.3, 0.4) is 0 Å². The molecule has 1 atom stereocenters. The highest BCUT2D eigenvalue weighted by Crippen LogP contribution is 2.28. The van der Waals surface area contributed by atoms with Crippen molar-refractivity contribution in [2.24, 2.45) is 5.73 Å². The molecule has 6 nitrogen and oxygen atoms in total. The van der Waals surface area contributed by atoms with Gasteiger partial charge in [-0.1, -0.05) is 30.3 Å². The zero-order valence-corrected chi connectivity index (χ0v) is 15.3. The monoisotopic (exact) mass is 373 g/mol. The molecule has 6 heteroatoms. The second-order valence-corrected chi connectivity index (χ2v) is 6.31. The third-order valence-corrected chi connectivity index (χ3v) is 4.44. The predicted molar refractivity (Wildman–Crippen MR) is 108 cm³/mol. The number of nitrogens with two attached hydrogens (primary N) is 1. The molecular formula is C22H19N3O3. The van der Waals surface area contributed by atoms with Crippen molar-refractivity contribution in [3.63, 3.8) is 0 Å². The molecule has 1 aromatic heterocycles. The Labute approximate surface area is 162 Å². The summed E-state index contributed by atoms with van der Waals surface area (Å²) in [7, 11) is 1.61. The van der Waals surface area contributed by atoms with Crippen molar-refractivity contribution in [3.05, 3.63) is 78.4 Å². The van der Waals surface area contributed by atoms with Gasteiger partial charge in [0.25, 0.3) is 0 Å². The average molecular weight is 373 g/mol. The van der Waals surface area contributed by atoms with Crippen LogP contribution in [0.5, 0.6) is 5.75 Å². The molecule has 0 fully saturated rings. The molecule has 0 aliphatic heterocycles. The number of anilines is 1. The number of amides is 1. The van der Waals surface area contributed by atoms with Crippen molar-refractivity contribution in [2.45, 2.75) is 6.04 Å². The van der Waals surface area contributed by atoms with Crippen LogP contribution < -0.4 is 15.8 Å². The molecule has 1 amide bonds. The molecule has 4 rings (SSSR count). The summed E-state index contributed by atoms with van der Waals surface area (Å²) in [5.74, 6) is 0.943. The molecule has 0 spiro atoms. The Bertz CT molecular complexity index is 1110. The number of ether oxygens (including phenoxy) is 1. The van der Waals surface area contributed by atoms with Crippen LogP contribution in [0, 0.1) is 0 Å². The largest absolute Gasteiger partial charge is 0.497 e. The fraction of sp³-hybridized carbons (Fsp3) is 0.0909. The van der Waals surface area contributed by atoms with E-state index in [4.69, 9.17) is 14.9 Å². The summed E-state index contributed by atoms with van der Waals surface area (Å²) in [4.78, 5) is 16.9. The lowest BCUT2D eigenvalue weighted by Gasteiger charge is -2.12. The van der Waals surface area contributed by atoms with Crippen LogP contribution in [0.4, 0.5) is 5.69 Å². The topological polar surface area (TPSA) is 90.4 Å². The van der Waals surface area contributed by atoms with E-state index >= 15 is 0 Å². The van der Waals surface area contributed by atoms with E-state index in [2.05, 4.69) is 10.3 Å². The molecule has 0 radical (unpaired) electrons. The number of rotatable bonds is 5. The molecule has 0 saturated carbocycles. The first-order valence-electron chi connectivity index (χ1n) is 8.80. The van der Waals surface area contributed by atoms with Gasteiger partial charge in [0.15, 0.2) is 5.58 Å². The summed E-state index contributed by atoms with van der Waals surface area (Å²) >= 11 is 0. The zero-order valence-electron chi connectivity index (χ0n) is 15.3. The van der Waals surface area contributed by atoms with Crippen molar-refractivity contribution in [1.82, 2.24) is 4.98 Å². The van der Waals surface area contributed by atoms with E-state index in [0.717, 1.165) is 16.6 Å². The third kappa shape index (κ3) is 3.58. The van der Waals surface area contributed by atoms with E-state index in [9.17, 15) is 4.79 Å². The molecule has 140 valence electrons. The van der Waals surface area contributed by atoms with Gasteiger partial charge in [-0.15, -0.1) is 0 Å². The molecule has 0 aliphatic rings. The number of methoxy groups -OCH3 is 1. The van der Waals surface area contributed by atoms with E-state index in [1.807, 2.05) is 54.6 Å². The van der Waals surface area contributed by atoms with Crippen molar-refractivity contribution < 1.29 is 13.9 Å². The Hall–Kier alpha value is -3.64. The van der Waals surface area contributed by atoms with Gasteiger partial charge in [0, 0.05) is 17.3 Å². The fourth-order valence-corrected chi connectivity index (χ4v) is 2.88. The molecular weight excluding hydrogens is 354 g/mol. The highest BCUT2D eigenvalue weighted by atomic mass is 16.5. The normalized spacial score (nSPS) is 11.9. The maximum Gasteiger partial charge on any atom is 0.245 e. The van der Waals surface area contributed by atoms with Gasteiger partial charge in [0.05, 0.1) is 7.11 Å². The maximum absolute atomic E-state index is 12.4. The van der Waals surface area contributed by atoms with Crippen molar-refractivity contribution in [2.75, 3.05) is 12.4 Å². The molecule has 1 heterocycles. The summed E-state index contributed by atoms with van der Waals surface area (Å²) in [6.45, 7) is 0. The van der Waals surface area contributed by atoms with Crippen LogP contribution in [0.1, 0.15) is 11.6 Å². The predicted octanol–water partition coefficient (Wildman–Crippen LogP) is 4.14. The van der Waals surface area contributed by atoms with E-state index in [-0.39, 0.29) is 5.91 Å². The van der Waals surface area contributed by atoms with Crippen LogP contribution in [0.2, 0.25) is 0 Å². The molecule has 28 heavy (non-hydrogen) atoms. The SMILES string of the molecule is COc1ccc2nc(-c3ccc(NC(=O)[C@H](N)c4ccccc4)cc3)oc2c1. The van der Waals surface area contributed by atoms with Gasteiger partial charge >= 0.3 is 0 Å². The van der Waals surface area contributed by atoms with Gasteiger partial charge in [0.1, 0.15) is 17.3 Å². The number of hydrogen-bond donors (Lipinski definition) is 2. The van der Waals surface area contributed by atoms with Crippen LogP contribution in [-0.2, 0) is 4.79 Å². The minimum atomic E-state index is -0.729. The summed E-state index contributed by atoms with van der Waals surface area (Å²) in [5, 5.41) is 2.83. The third-order valence-electron chi connectivity index (χ3n) is 4.44. The number of nitrogens with one attached hydrogen (secondary N) is 1. The maximum atomic E-state index is 12.4. The van der Waals surface area contributed by atoms with Gasteiger partial charge in [-0.25, -0.2) is 4.98 Å². The Balaban J connectivity index is 1.50. The summed E-state index contributed by atoms with van der Waals surface area (Å²) in [5.41, 5.74) is 9.65. The number of carbonyl (C=O) groups is 1. The first-order chi connectivity index (χ1) is 13.6. The molecule has 0 saturated heterocycles. The number of nitrogens with zero attached hydrogens (tertiary/aromatic N) is 1.